The highest BCUT2D eigenvalue weighted by Crippen LogP contribution is 2.56. The topological polar surface area (TPSA) is 89.3 Å². The lowest BCUT2D eigenvalue weighted by Crippen LogP contribution is -2.62. The molecule has 1 atom stereocenters. The van der Waals surface area contributed by atoms with E-state index < -0.39 is 5.82 Å². The van der Waals surface area contributed by atoms with Crippen molar-refractivity contribution in [1.29, 1.82) is 0 Å². The van der Waals surface area contributed by atoms with Gasteiger partial charge in [-0.2, -0.15) is 0 Å². The summed E-state index contributed by atoms with van der Waals surface area (Å²) in [5.74, 6) is 1.99. The molecule has 4 heterocycles. The van der Waals surface area contributed by atoms with Crippen molar-refractivity contribution in [3.8, 4) is 5.69 Å². The van der Waals surface area contributed by atoms with Gasteiger partial charge in [-0.15, -0.1) is 10.2 Å². The minimum absolute atomic E-state index is 0.182. The minimum Gasteiger partial charge on any atom is -0.447 e. The Morgan fingerprint density at radius 3 is 2.56 bits per heavy atom. The number of fused-ring (bicyclic) bond motifs is 3. The minimum atomic E-state index is -0.433. The van der Waals surface area contributed by atoms with Gasteiger partial charge in [-0.1, -0.05) is 11.6 Å². The van der Waals surface area contributed by atoms with Crippen LogP contribution in [0.2, 0.25) is 5.02 Å². The van der Waals surface area contributed by atoms with E-state index in [0.717, 1.165) is 43.0 Å². The van der Waals surface area contributed by atoms with E-state index in [0.29, 0.717) is 23.3 Å². The van der Waals surface area contributed by atoms with Crippen molar-refractivity contribution in [2.24, 2.45) is 5.41 Å². The van der Waals surface area contributed by atoms with Crippen LogP contribution in [0, 0.1) is 11.2 Å². The Balaban J connectivity index is 1.27. The van der Waals surface area contributed by atoms with E-state index in [4.69, 9.17) is 16.3 Å². The molecule has 0 radical (unpaired) electrons. The van der Waals surface area contributed by atoms with Crippen LogP contribution in [-0.4, -0.2) is 54.9 Å². The van der Waals surface area contributed by atoms with E-state index >= 15 is 0 Å². The van der Waals surface area contributed by atoms with Gasteiger partial charge in [-0.05, 0) is 57.4 Å². The van der Waals surface area contributed by atoms with Crippen molar-refractivity contribution in [3.63, 3.8) is 0 Å². The smallest absolute Gasteiger partial charge is 0.410 e. The van der Waals surface area contributed by atoms with E-state index in [1.54, 1.807) is 4.90 Å². The summed E-state index contributed by atoms with van der Waals surface area (Å²) in [5.41, 5.74) is 2.05. The molecule has 1 unspecified atom stereocenters. The summed E-state index contributed by atoms with van der Waals surface area (Å²) in [5, 5.41) is 9.79. The summed E-state index contributed by atoms with van der Waals surface area (Å²) in [6.45, 7) is 7.67. The van der Waals surface area contributed by atoms with Crippen molar-refractivity contribution in [3.05, 3.63) is 58.6 Å². The Morgan fingerprint density at radius 2 is 1.86 bits per heavy atom. The number of hydrogen-bond acceptors (Lipinski definition) is 7. The first-order valence-corrected chi connectivity index (χ1v) is 12.5. The zero-order valence-electron chi connectivity index (χ0n) is 20.4. The first-order valence-electron chi connectivity index (χ1n) is 12.2. The first kappa shape index (κ1) is 23.1. The molecule has 1 saturated heterocycles. The number of carbonyl (C=O) groups excluding carboxylic acids is 1. The van der Waals surface area contributed by atoms with Gasteiger partial charge in [0, 0.05) is 29.4 Å². The monoisotopic (exact) mass is 511 g/mol. The van der Waals surface area contributed by atoms with E-state index in [1.807, 2.05) is 39.0 Å². The average molecular weight is 512 g/mol. The largest absolute Gasteiger partial charge is 0.447 e. The molecule has 1 saturated carbocycles. The lowest BCUT2D eigenvalue weighted by atomic mass is 9.57. The summed E-state index contributed by atoms with van der Waals surface area (Å²) >= 11 is 6.35. The van der Waals surface area contributed by atoms with Crippen LogP contribution in [-0.2, 0) is 11.3 Å². The maximum absolute atomic E-state index is 13.2. The summed E-state index contributed by atoms with van der Waals surface area (Å²) in [7, 11) is 0. The number of anilines is 1. The van der Waals surface area contributed by atoms with Crippen LogP contribution in [0.1, 0.15) is 62.8 Å². The molecular formula is C25H27ClFN7O2. The Morgan fingerprint density at radius 1 is 1.17 bits per heavy atom. The third kappa shape index (κ3) is 3.78. The lowest BCUT2D eigenvalue weighted by Gasteiger charge is -2.58. The lowest BCUT2D eigenvalue weighted by molar-refractivity contribution is 0.0572. The standard InChI is InChI=1S/C25H27ClFN7O2/c1-14(2)36-24(35)33-11-16-6-18(26)4-5-20(16)34-21(15(33)3)30-31-22(34)17-7-25(8-17)12-32(13-25)23-28-9-19(27)10-29-23/h4-6,9-10,14-15,17H,7-8,11-13H2,1-3H3. The molecule has 0 bridgehead atoms. The maximum atomic E-state index is 13.2. The third-order valence-electron chi connectivity index (χ3n) is 7.41. The van der Waals surface area contributed by atoms with Crippen LogP contribution in [0.15, 0.2) is 30.6 Å². The molecule has 11 heteroatoms. The number of benzene rings is 1. The summed E-state index contributed by atoms with van der Waals surface area (Å²) in [6.07, 6.45) is 3.73. The summed E-state index contributed by atoms with van der Waals surface area (Å²) in [6, 6.07) is 5.40. The van der Waals surface area contributed by atoms with Crippen LogP contribution in [0.4, 0.5) is 15.1 Å². The Labute approximate surface area is 213 Å². The van der Waals surface area contributed by atoms with Crippen molar-refractivity contribution in [1.82, 2.24) is 29.6 Å². The molecule has 9 nitrogen and oxygen atoms in total. The highest BCUT2D eigenvalue weighted by molar-refractivity contribution is 6.30. The second-order valence-corrected chi connectivity index (χ2v) is 10.9. The highest BCUT2D eigenvalue weighted by atomic mass is 35.5. The fraction of sp³-hybridized carbons (Fsp3) is 0.480. The third-order valence-corrected chi connectivity index (χ3v) is 7.65. The van der Waals surface area contributed by atoms with Crippen molar-refractivity contribution >= 4 is 23.6 Å². The van der Waals surface area contributed by atoms with Gasteiger partial charge in [-0.25, -0.2) is 19.2 Å². The SMILES string of the molecule is CC(C)OC(=O)N1Cc2cc(Cl)ccc2-n2c(C3CC4(C3)CN(c3ncc(F)cn3)C4)nnc2C1C. The number of hydrogen-bond donors (Lipinski definition) is 0. The molecule has 1 amide bonds. The van der Waals surface area contributed by atoms with Crippen molar-refractivity contribution in [2.45, 2.75) is 58.2 Å². The van der Waals surface area contributed by atoms with Gasteiger partial charge >= 0.3 is 6.09 Å². The van der Waals surface area contributed by atoms with Crippen LogP contribution in [0.25, 0.3) is 5.69 Å². The molecular weight excluding hydrogens is 485 g/mol. The molecule has 0 N–H and O–H groups in total. The number of ether oxygens (including phenoxy) is 1. The predicted molar refractivity (Wildman–Crippen MR) is 131 cm³/mol. The molecule has 1 aromatic carbocycles. The van der Waals surface area contributed by atoms with Gasteiger partial charge in [0.2, 0.25) is 5.95 Å². The van der Waals surface area contributed by atoms with Gasteiger partial charge in [0.25, 0.3) is 0 Å². The first-order chi connectivity index (χ1) is 17.2. The van der Waals surface area contributed by atoms with Crippen LogP contribution < -0.4 is 4.90 Å². The quantitative estimate of drug-likeness (QED) is 0.505. The van der Waals surface area contributed by atoms with Gasteiger partial charge in [-0.3, -0.25) is 9.47 Å². The number of nitrogens with zero attached hydrogens (tertiary/aromatic N) is 7. The van der Waals surface area contributed by atoms with Gasteiger partial charge in [0.15, 0.2) is 11.6 Å². The number of rotatable bonds is 3. The number of amides is 1. The van der Waals surface area contributed by atoms with E-state index in [1.165, 1.54) is 12.4 Å². The van der Waals surface area contributed by atoms with Crippen LogP contribution >= 0.6 is 11.6 Å². The molecule has 188 valence electrons. The molecule has 2 aliphatic heterocycles. The average Bonchev–Trinajstić information content (AvgIpc) is 3.15. The second-order valence-electron chi connectivity index (χ2n) is 10.4. The number of aromatic nitrogens is 5. The highest BCUT2D eigenvalue weighted by Gasteiger charge is 2.55. The Bertz CT molecular complexity index is 1310. The fourth-order valence-electron chi connectivity index (χ4n) is 5.74. The van der Waals surface area contributed by atoms with E-state index in [-0.39, 0.29) is 29.6 Å². The molecule has 3 aliphatic rings. The van der Waals surface area contributed by atoms with E-state index in [2.05, 4.69) is 29.6 Å². The number of halogens is 2. The summed E-state index contributed by atoms with van der Waals surface area (Å²) < 4.78 is 20.8. The maximum Gasteiger partial charge on any atom is 0.410 e. The van der Waals surface area contributed by atoms with Crippen molar-refractivity contribution in [2.75, 3.05) is 18.0 Å². The van der Waals surface area contributed by atoms with Crippen LogP contribution in [0.5, 0.6) is 0 Å². The van der Waals surface area contributed by atoms with E-state index in [9.17, 15) is 9.18 Å². The normalized spacial score (nSPS) is 20.4. The van der Waals surface area contributed by atoms with Gasteiger partial charge < -0.3 is 9.64 Å². The predicted octanol–water partition coefficient (Wildman–Crippen LogP) is 4.66. The molecule has 2 fully saturated rings. The molecule has 1 spiro atoms. The number of carbonyl (C=O) groups is 1. The van der Waals surface area contributed by atoms with Gasteiger partial charge in [0.1, 0.15) is 5.82 Å². The fourth-order valence-corrected chi connectivity index (χ4v) is 5.94. The second kappa shape index (κ2) is 8.40. The molecule has 6 rings (SSSR count). The molecule has 36 heavy (non-hydrogen) atoms. The zero-order chi connectivity index (χ0) is 25.2. The zero-order valence-corrected chi connectivity index (χ0v) is 21.1. The Hall–Kier alpha value is -3.27. The molecule has 3 aromatic rings. The van der Waals surface area contributed by atoms with Crippen LogP contribution in [0.3, 0.4) is 0 Å². The van der Waals surface area contributed by atoms with Gasteiger partial charge in [0.05, 0.1) is 36.8 Å². The summed E-state index contributed by atoms with van der Waals surface area (Å²) in [4.78, 5) is 24.9. The van der Waals surface area contributed by atoms with Crippen molar-refractivity contribution < 1.29 is 13.9 Å². The molecule has 2 aromatic heterocycles. The Kier molecular flexibility index (Phi) is 5.40. The molecule has 1 aliphatic carbocycles.